The Bertz CT molecular complexity index is 672. The predicted molar refractivity (Wildman–Crippen MR) is 115 cm³/mol. The van der Waals surface area contributed by atoms with Gasteiger partial charge in [0.25, 0.3) is 0 Å². The number of nitrogens with zero attached hydrogens (tertiary/aromatic N) is 3. The van der Waals surface area contributed by atoms with Crippen LogP contribution in [0.5, 0.6) is 5.75 Å². The van der Waals surface area contributed by atoms with E-state index in [-0.39, 0.29) is 12.5 Å². The number of ether oxygens (including phenoxy) is 2. The Morgan fingerprint density at radius 1 is 1.31 bits per heavy atom. The quantitative estimate of drug-likeness (QED) is 0.340. The second kappa shape index (κ2) is 12.8. The molecule has 1 heterocycles. The van der Waals surface area contributed by atoms with Crippen molar-refractivity contribution in [2.75, 3.05) is 66.6 Å². The third-order valence-electron chi connectivity index (χ3n) is 4.47. The fourth-order valence-electron chi connectivity index (χ4n) is 2.74. The molecule has 1 aliphatic heterocycles. The summed E-state index contributed by atoms with van der Waals surface area (Å²) in [6.07, 6.45) is 1.72. The van der Waals surface area contributed by atoms with Crippen LogP contribution in [0.3, 0.4) is 0 Å². The summed E-state index contributed by atoms with van der Waals surface area (Å²) in [5, 5.41) is 6.44. The average molecular weight is 404 g/mol. The van der Waals surface area contributed by atoms with Crippen molar-refractivity contribution in [2.24, 2.45) is 4.99 Å². The molecule has 0 aromatic heterocycles. The number of morpholine rings is 1. The number of nitrogens with one attached hydrogen (secondary N) is 2. The maximum absolute atomic E-state index is 11.9. The van der Waals surface area contributed by atoms with Gasteiger partial charge in [-0.15, -0.1) is 0 Å². The van der Waals surface area contributed by atoms with E-state index < -0.39 is 0 Å². The molecule has 0 unspecified atom stereocenters. The van der Waals surface area contributed by atoms with E-state index >= 15 is 0 Å². The van der Waals surface area contributed by atoms with Gasteiger partial charge in [-0.05, 0) is 6.07 Å². The zero-order chi connectivity index (χ0) is 20.9. The lowest BCUT2D eigenvalue weighted by Gasteiger charge is -2.26. The summed E-state index contributed by atoms with van der Waals surface area (Å²) in [5.41, 5.74) is 0.975. The first kappa shape index (κ1) is 22.7. The molecule has 2 rings (SSSR count). The first-order valence-electron chi connectivity index (χ1n) is 9.94. The number of hydrogen-bond donors (Lipinski definition) is 2. The van der Waals surface area contributed by atoms with Crippen LogP contribution in [0.2, 0.25) is 0 Å². The summed E-state index contributed by atoms with van der Waals surface area (Å²) in [6, 6.07) is 7.79. The molecule has 1 fully saturated rings. The van der Waals surface area contributed by atoms with Gasteiger partial charge in [0, 0.05) is 45.8 Å². The van der Waals surface area contributed by atoms with Gasteiger partial charge >= 0.3 is 0 Å². The van der Waals surface area contributed by atoms with Gasteiger partial charge in [0.15, 0.2) is 5.96 Å². The standard InChI is InChI=1S/C21H33N5O3/c1-4-13-29-19-8-6-5-7-18(19)16-23-21(24-17-20(27)25(2)3)22-9-10-26-11-14-28-15-12-26/h4-8H,1,9-17H2,2-3H3,(H2,22,23,24). The van der Waals surface area contributed by atoms with Gasteiger partial charge < -0.3 is 25.0 Å². The number of benzene rings is 1. The van der Waals surface area contributed by atoms with E-state index in [9.17, 15) is 4.79 Å². The number of para-hydroxylation sites is 1. The van der Waals surface area contributed by atoms with Gasteiger partial charge in [0.2, 0.25) is 5.91 Å². The number of likely N-dealkylation sites (N-methyl/N-ethyl adjacent to an activating group) is 1. The molecular formula is C21H33N5O3. The minimum Gasteiger partial charge on any atom is -0.489 e. The van der Waals surface area contributed by atoms with Crippen LogP contribution in [-0.2, 0) is 16.1 Å². The van der Waals surface area contributed by atoms with Crippen molar-refractivity contribution in [3.8, 4) is 5.75 Å². The first-order valence-corrected chi connectivity index (χ1v) is 9.94. The zero-order valence-electron chi connectivity index (χ0n) is 17.5. The molecule has 8 heteroatoms. The molecule has 1 aliphatic rings. The molecule has 160 valence electrons. The number of carbonyl (C=O) groups is 1. The maximum atomic E-state index is 11.9. The molecular weight excluding hydrogens is 370 g/mol. The van der Waals surface area contributed by atoms with Crippen molar-refractivity contribution < 1.29 is 14.3 Å². The Labute approximate surface area is 173 Å². The maximum Gasteiger partial charge on any atom is 0.241 e. The lowest BCUT2D eigenvalue weighted by atomic mass is 10.2. The number of aliphatic imine (C=N–C) groups is 1. The molecule has 0 atom stereocenters. The van der Waals surface area contributed by atoms with Crippen LogP contribution in [0.15, 0.2) is 41.9 Å². The molecule has 0 spiro atoms. The minimum atomic E-state index is -0.0117. The number of amides is 1. The smallest absolute Gasteiger partial charge is 0.241 e. The van der Waals surface area contributed by atoms with Crippen LogP contribution in [0, 0.1) is 0 Å². The number of carbonyl (C=O) groups excluding carboxylic acids is 1. The highest BCUT2D eigenvalue weighted by Crippen LogP contribution is 2.18. The summed E-state index contributed by atoms with van der Waals surface area (Å²) >= 11 is 0. The molecule has 1 saturated heterocycles. The number of rotatable bonds is 10. The molecule has 1 amide bonds. The number of guanidine groups is 1. The topological polar surface area (TPSA) is 78.4 Å². The molecule has 1 aromatic carbocycles. The van der Waals surface area contributed by atoms with Crippen LogP contribution in [0.4, 0.5) is 0 Å². The van der Waals surface area contributed by atoms with Crippen molar-refractivity contribution >= 4 is 11.9 Å². The average Bonchev–Trinajstić information content (AvgIpc) is 2.74. The SMILES string of the molecule is C=CCOc1ccccc1CN=C(NCCN1CCOCC1)NCC(=O)N(C)C. The Hall–Kier alpha value is -2.58. The molecule has 0 radical (unpaired) electrons. The summed E-state index contributed by atoms with van der Waals surface area (Å²) in [4.78, 5) is 20.5. The van der Waals surface area contributed by atoms with E-state index in [0.717, 1.165) is 50.7 Å². The summed E-state index contributed by atoms with van der Waals surface area (Å²) in [5.74, 6) is 1.38. The lowest BCUT2D eigenvalue weighted by Crippen LogP contribution is -2.46. The number of hydrogen-bond acceptors (Lipinski definition) is 5. The van der Waals surface area contributed by atoms with Gasteiger partial charge in [-0.3, -0.25) is 9.69 Å². The highest BCUT2D eigenvalue weighted by atomic mass is 16.5. The molecule has 0 saturated carbocycles. The largest absolute Gasteiger partial charge is 0.489 e. The second-order valence-corrected chi connectivity index (χ2v) is 6.89. The Morgan fingerprint density at radius 3 is 2.79 bits per heavy atom. The Kier molecular flexibility index (Phi) is 10.0. The van der Waals surface area contributed by atoms with E-state index in [2.05, 4.69) is 27.1 Å². The van der Waals surface area contributed by atoms with Crippen molar-refractivity contribution in [3.05, 3.63) is 42.5 Å². The van der Waals surface area contributed by atoms with E-state index in [4.69, 9.17) is 9.47 Å². The van der Waals surface area contributed by atoms with Crippen LogP contribution < -0.4 is 15.4 Å². The summed E-state index contributed by atoms with van der Waals surface area (Å²) in [6.45, 7) is 9.81. The molecule has 8 nitrogen and oxygen atoms in total. The summed E-state index contributed by atoms with van der Waals surface area (Å²) in [7, 11) is 3.47. The zero-order valence-corrected chi connectivity index (χ0v) is 17.5. The molecule has 0 bridgehead atoms. The normalized spacial score (nSPS) is 14.9. The monoisotopic (exact) mass is 403 g/mol. The van der Waals surface area contributed by atoms with Gasteiger partial charge in [0.1, 0.15) is 12.4 Å². The molecule has 0 aliphatic carbocycles. The molecule has 29 heavy (non-hydrogen) atoms. The van der Waals surface area contributed by atoms with E-state index in [1.165, 1.54) is 0 Å². The van der Waals surface area contributed by atoms with Crippen LogP contribution in [0.25, 0.3) is 0 Å². The minimum absolute atomic E-state index is 0.0117. The lowest BCUT2D eigenvalue weighted by molar-refractivity contribution is -0.127. The van der Waals surface area contributed by atoms with Gasteiger partial charge in [0.05, 0.1) is 26.3 Å². The fourth-order valence-corrected chi connectivity index (χ4v) is 2.74. The second-order valence-electron chi connectivity index (χ2n) is 6.89. The van der Waals surface area contributed by atoms with E-state index in [1.54, 1.807) is 25.1 Å². The van der Waals surface area contributed by atoms with E-state index in [1.807, 2.05) is 24.3 Å². The first-order chi connectivity index (χ1) is 14.1. The van der Waals surface area contributed by atoms with Gasteiger partial charge in [-0.2, -0.15) is 0 Å². The van der Waals surface area contributed by atoms with E-state index in [0.29, 0.717) is 19.1 Å². The van der Waals surface area contributed by atoms with Crippen LogP contribution in [-0.4, -0.2) is 88.3 Å². The Balaban J connectivity index is 1.97. The Morgan fingerprint density at radius 2 is 2.07 bits per heavy atom. The van der Waals surface area contributed by atoms with Crippen molar-refractivity contribution in [2.45, 2.75) is 6.54 Å². The van der Waals surface area contributed by atoms with Crippen molar-refractivity contribution in [3.63, 3.8) is 0 Å². The van der Waals surface area contributed by atoms with Crippen molar-refractivity contribution in [1.29, 1.82) is 0 Å². The molecule has 2 N–H and O–H groups in total. The third-order valence-corrected chi connectivity index (χ3v) is 4.47. The summed E-state index contributed by atoms with van der Waals surface area (Å²) < 4.78 is 11.1. The van der Waals surface area contributed by atoms with Gasteiger partial charge in [-0.25, -0.2) is 4.99 Å². The predicted octanol–water partition coefficient (Wildman–Crippen LogP) is 0.707. The van der Waals surface area contributed by atoms with Crippen molar-refractivity contribution in [1.82, 2.24) is 20.4 Å². The third kappa shape index (κ3) is 8.53. The molecule has 1 aromatic rings. The van der Waals surface area contributed by atoms with Crippen LogP contribution >= 0.6 is 0 Å². The van der Waals surface area contributed by atoms with Crippen LogP contribution in [0.1, 0.15) is 5.56 Å². The van der Waals surface area contributed by atoms with Gasteiger partial charge in [-0.1, -0.05) is 30.9 Å². The highest BCUT2D eigenvalue weighted by Gasteiger charge is 2.11. The highest BCUT2D eigenvalue weighted by molar-refractivity contribution is 5.86. The fraction of sp³-hybridized carbons (Fsp3) is 0.524.